The minimum Gasteiger partial charge on any atom is -0.494 e. The molecule has 0 aromatic carbocycles. The topological polar surface area (TPSA) is 106 Å². The van der Waals surface area contributed by atoms with Gasteiger partial charge in [-0.15, -0.1) is 11.3 Å². The van der Waals surface area contributed by atoms with Crippen molar-refractivity contribution >= 4 is 22.4 Å². The van der Waals surface area contributed by atoms with Crippen LogP contribution in [-0.4, -0.2) is 47.5 Å². The van der Waals surface area contributed by atoms with Crippen molar-refractivity contribution in [3.05, 3.63) is 23.2 Å². The van der Waals surface area contributed by atoms with Crippen molar-refractivity contribution in [2.24, 2.45) is 0 Å². The lowest BCUT2D eigenvalue weighted by atomic mass is 10.2. The van der Waals surface area contributed by atoms with Crippen LogP contribution in [0, 0.1) is 22.8 Å². The van der Waals surface area contributed by atoms with Gasteiger partial charge in [0.15, 0.2) is 11.3 Å². The molecule has 2 aromatic rings. The minimum absolute atomic E-state index is 0.157. The molecule has 1 unspecified atom stereocenters. The summed E-state index contributed by atoms with van der Waals surface area (Å²) in [6.45, 7) is 0.603. The number of aromatic nitrogens is 2. The molecule has 1 atom stereocenters. The molecule has 0 radical (unpaired) electrons. The molecule has 3 heterocycles. The van der Waals surface area contributed by atoms with Crippen LogP contribution >= 0.6 is 11.3 Å². The van der Waals surface area contributed by atoms with Gasteiger partial charge in [0.2, 0.25) is 0 Å². The Hall–Kier alpha value is -3.17. The molecule has 3 rings (SSSR count). The number of hydrogen-bond acceptors (Lipinski definition) is 8. The number of carbonyl (C=O) groups is 1. The zero-order valence-corrected chi connectivity index (χ0v) is 15.2. The summed E-state index contributed by atoms with van der Waals surface area (Å²) in [4.78, 5) is 24.4. The maximum absolute atomic E-state index is 12.7. The molecular formula is C17H16N6O2S. The van der Waals surface area contributed by atoms with E-state index >= 15 is 0 Å². The van der Waals surface area contributed by atoms with Crippen LogP contribution in [0.2, 0.25) is 0 Å². The van der Waals surface area contributed by atoms with E-state index in [1.165, 1.54) is 28.2 Å². The molecule has 0 bridgehead atoms. The van der Waals surface area contributed by atoms with Gasteiger partial charge < -0.3 is 4.74 Å². The number of amides is 1. The molecule has 1 saturated heterocycles. The summed E-state index contributed by atoms with van der Waals surface area (Å²) in [6, 6.07) is 4.79. The Morgan fingerprint density at radius 2 is 2.23 bits per heavy atom. The summed E-state index contributed by atoms with van der Waals surface area (Å²) in [5.74, 6) is 0.344. The highest BCUT2D eigenvalue weighted by molar-refractivity contribution is 7.14. The molecule has 0 spiro atoms. The second-order valence-corrected chi connectivity index (χ2v) is 6.56. The molecule has 8 nitrogen and oxygen atoms in total. The van der Waals surface area contributed by atoms with Crippen LogP contribution < -0.4 is 9.64 Å². The van der Waals surface area contributed by atoms with Crippen molar-refractivity contribution in [1.29, 1.82) is 10.5 Å². The number of nitrogens with zero attached hydrogens (tertiary/aromatic N) is 6. The van der Waals surface area contributed by atoms with Crippen LogP contribution in [0.25, 0.3) is 11.4 Å². The Kier molecular flexibility index (Phi) is 5.01. The molecule has 1 aliphatic heterocycles. The van der Waals surface area contributed by atoms with Crippen molar-refractivity contribution in [2.75, 3.05) is 25.6 Å². The second-order valence-electron chi connectivity index (χ2n) is 5.72. The molecule has 1 aliphatic rings. The number of hydrogen-bond donors (Lipinski definition) is 0. The third-order valence-electron chi connectivity index (χ3n) is 4.21. The number of likely N-dealkylation sites (N-methyl/N-ethyl adjacent to an activating group) is 1. The van der Waals surface area contributed by atoms with Crippen molar-refractivity contribution in [3.63, 3.8) is 0 Å². The van der Waals surface area contributed by atoms with E-state index in [9.17, 15) is 4.79 Å². The average molecular weight is 368 g/mol. The Morgan fingerprint density at radius 3 is 2.92 bits per heavy atom. The van der Waals surface area contributed by atoms with Gasteiger partial charge in [0.05, 0.1) is 7.11 Å². The van der Waals surface area contributed by atoms with Gasteiger partial charge in [-0.2, -0.15) is 10.5 Å². The summed E-state index contributed by atoms with van der Waals surface area (Å²) in [5.41, 5.74) is 1.24. The van der Waals surface area contributed by atoms with Gasteiger partial charge in [0.1, 0.15) is 34.9 Å². The zero-order valence-electron chi connectivity index (χ0n) is 14.3. The Balaban J connectivity index is 1.87. The molecule has 1 amide bonds. The molecule has 0 saturated carbocycles. The van der Waals surface area contributed by atoms with Gasteiger partial charge in [0.25, 0.3) is 5.91 Å². The van der Waals surface area contributed by atoms with Gasteiger partial charge in [-0.25, -0.2) is 9.97 Å². The van der Waals surface area contributed by atoms with E-state index in [-0.39, 0.29) is 11.6 Å². The van der Waals surface area contributed by atoms with Crippen molar-refractivity contribution in [3.8, 4) is 29.4 Å². The second kappa shape index (κ2) is 7.38. The highest BCUT2D eigenvalue weighted by Crippen LogP contribution is 2.32. The highest BCUT2D eigenvalue weighted by atomic mass is 32.1. The third kappa shape index (κ3) is 3.17. The average Bonchev–Trinajstić information content (AvgIpc) is 3.35. The van der Waals surface area contributed by atoms with Crippen LogP contribution in [0.5, 0.6) is 5.75 Å². The number of likely N-dealkylation sites (tertiary alicyclic amines) is 1. The number of nitriles is 2. The Morgan fingerprint density at radius 1 is 1.42 bits per heavy atom. The van der Waals surface area contributed by atoms with Crippen molar-refractivity contribution < 1.29 is 9.53 Å². The fourth-order valence-electron chi connectivity index (χ4n) is 2.84. The van der Waals surface area contributed by atoms with Gasteiger partial charge in [-0.1, -0.05) is 0 Å². The first kappa shape index (κ1) is 17.6. The molecule has 1 fully saturated rings. The van der Waals surface area contributed by atoms with Crippen molar-refractivity contribution in [2.45, 2.75) is 18.9 Å². The van der Waals surface area contributed by atoms with Gasteiger partial charge in [0, 0.05) is 19.0 Å². The lowest BCUT2D eigenvalue weighted by molar-refractivity contribution is -0.121. The van der Waals surface area contributed by atoms with Crippen molar-refractivity contribution in [1.82, 2.24) is 14.9 Å². The number of methoxy groups -OCH3 is 1. The number of pyridine rings is 1. The first-order valence-corrected chi connectivity index (χ1v) is 8.82. The van der Waals surface area contributed by atoms with E-state index < -0.39 is 6.04 Å². The molecule has 2 aromatic heterocycles. The normalized spacial score (nSPS) is 16.0. The molecule has 9 heteroatoms. The lowest BCUT2D eigenvalue weighted by Crippen LogP contribution is -2.42. The largest absolute Gasteiger partial charge is 0.494 e. The molecule has 132 valence electrons. The minimum atomic E-state index is -0.438. The van der Waals surface area contributed by atoms with Gasteiger partial charge in [-0.05, 0) is 25.0 Å². The van der Waals surface area contributed by atoms with Crippen LogP contribution in [0.1, 0.15) is 18.5 Å². The predicted octanol–water partition coefficient (Wildman–Crippen LogP) is 1.99. The monoisotopic (exact) mass is 368 g/mol. The van der Waals surface area contributed by atoms with Gasteiger partial charge in [-0.3, -0.25) is 14.6 Å². The van der Waals surface area contributed by atoms with E-state index in [0.29, 0.717) is 35.2 Å². The fourth-order valence-corrected chi connectivity index (χ4v) is 3.63. The van der Waals surface area contributed by atoms with E-state index in [4.69, 9.17) is 15.3 Å². The summed E-state index contributed by atoms with van der Waals surface area (Å²) in [7, 11) is 3.17. The van der Waals surface area contributed by atoms with Crippen LogP contribution in [0.15, 0.2) is 17.5 Å². The summed E-state index contributed by atoms with van der Waals surface area (Å²) >= 11 is 1.30. The maximum Gasteiger partial charge on any atom is 0.251 e. The SMILES string of the molecule is COc1ccc(C#N)nc1-c1csc(N(C)C(=O)C2CCCN2C#N)n1. The molecule has 0 N–H and O–H groups in total. The smallest absolute Gasteiger partial charge is 0.251 e. The Labute approximate surface area is 154 Å². The zero-order chi connectivity index (χ0) is 18.7. The maximum atomic E-state index is 12.7. The third-order valence-corrected chi connectivity index (χ3v) is 5.13. The number of anilines is 1. The van der Waals surface area contributed by atoms with E-state index in [1.807, 2.05) is 6.07 Å². The fraction of sp³-hybridized carbons (Fsp3) is 0.353. The van der Waals surface area contributed by atoms with Gasteiger partial charge >= 0.3 is 0 Å². The number of thiazole rings is 1. The number of rotatable bonds is 4. The van der Waals surface area contributed by atoms with E-state index in [0.717, 1.165) is 6.42 Å². The summed E-state index contributed by atoms with van der Waals surface area (Å²) < 4.78 is 5.30. The van der Waals surface area contributed by atoms with Crippen LogP contribution in [-0.2, 0) is 4.79 Å². The first-order valence-electron chi connectivity index (χ1n) is 7.94. The highest BCUT2D eigenvalue weighted by Gasteiger charge is 2.33. The first-order chi connectivity index (χ1) is 12.6. The lowest BCUT2D eigenvalue weighted by Gasteiger charge is -2.22. The molecule has 0 aliphatic carbocycles. The van der Waals surface area contributed by atoms with E-state index in [1.54, 1.807) is 24.6 Å². The van der Waals surface area contributed by atoms with E-state index in [2.05, 4.69) is 16.2 Å². The molecular weight excluding hydrogens is 352 g/mol. The molecule has 26 heavy (non-hydrogen) atoms. The number of carbonyl (C=O) groups excluding carboxylic acids is 1. The standard InChI is InChI=1S/C17H16N6O2S/c1-22(16(24)13-4-3-7-23(13)10-19)17-21-12(9-26-17)15-14(25-2)6-5-11(8-18)20-15/h5-6,9,13H,3-4,7H2,1-2H3. The number of ether oxygens (including phenoxy) is 1. The van der Waals surface area contributed by atoms with Crippen LogP contribution in [0.3, 0.4) is 0 Å². The Bertz CT molecular complexity index is 913. The quantitative estimate of drug-likeness (QED) is 0.760. The summed E-state index contributed by atoms with van der Waals surface area (Å²) in [6.07, 6.45) is 3.56. The predicted molar refractivity (Wildman–Crippen MR) is 95.4 cm³/mol. The van der Waals surface area contributed by atoms with Crippen LogP contribution in [0.4, 0.5) is 5.13 Å². The summed E-state index contributed by atoms with van der Waals surface area (Å²) in [5, 5.41) is 20.5.